The molecule has 1 fully saturated rings. The van der Waals surface area contributed by atoms with Gasteiger partial charge in [0.2, 0.25) is 0 Å². The lowest BCUT2D eigenvalue weighted by atomic mass is 9.68. The Morgan fingerprint density at radius 2 is 0.649 bits per heavy atom. The SMILES string of the molecule is c1ccc(-c2ccc(-c3ccc(N(c4ccccc4)c4cccc5c4C46c7c(cccc7N(c7ccccc7)c7ccccc7)CC4CCC6C5)cc3)cc2)cc1. The van der Waals surface area contributed by atoms with Gasteiger partial charge in [-0.3, -0.25) is 0 Å². The highest BCUT2D eigenvalue weighted by molar-refractivity contribution is 5.87. The molecule has 3 aliphatic carbocycles. The highest BCUT2D eigenvalue weighted by Gasteiger charge is 2.62. The molecule has 0 saturated heterocycles. The second-order valence-electron chi connectivity index (χ2n) is 16.0. The van der Waals surface area contributed by atoms with E-state index in [1.807, 2.05) is 0 Å². The lowest BCUT2D eigenvalue weighted by Gasteiger charge is -2.40. The van der Waals surface area contributed by atoms with Crippen LogP contribution in [-0.4, -0.2) is 0 Å². The number of hydrogen-bond acceptors (Lipinski definition) is 2. The number of hydrogen-bond donors (Lipinski definition) is 0. The molecular formula is C55H44N2. The van der Waals surface area contributed by atoms with Gasteiger partial charge in [0.25, 0.3) is 0 Å². The van der Waals surface area contributed by atoms with Gasteiger partial charge in [0.15, 0.2) is 0 Å². The number of nitrogens with zero attached hydrogens (tertiary/aromatic N) is 2. The van der Waals surface area contributed by atoms with Crippen molar-refractivity contribution in [2.75, 3.05) is 9.80 Å². The highest BCUT2D eigenvalue weighted by Crippen LogP contribution is 2.68. The lowest BCUT2D eigenvalue weighted by Crippen LogP contribution is -2.34. The summed E-state index contributed by atoms with van der Waals surface area (Å²) in [4.78, 5) is 5.06. The van der Waals surface area contributed by atoms with Crippen LogP contribution < -0.4 is 9.80 Å². The third-order valence-electron chi connectivity index (χ3n) is 13.1. The van der Waals surface area contributed by atoms with Gasteiger partial charge in [-0.25, -0.2) is 0 Å². The largest absolute Gasteiger partial charge is 0.310 e. The summed E-state index contributed by atoms with van der Waals surface area (Å²) in [5.74, 6) is 1.10. The number of anilines is 6. The van der Waals surface area contributed by atoms with Gasteiger partial charge in [0.1, 0.15) is 0 Å². The zero-order valence-corrected chi connectivity index (χ0v) is 32.0. The maximum atomic E-state index is 2.54. The molecule has 11 rings (SSSR count). The molecule has 8 aromatic carbocycles. The van der Waals surface area contributed by atoms with Crippen LogP contribution in [0.2, 0.25) is 0 Å². The van der Waals surface area contributed by atoms with E-state index in [0.717, 1.165) is 12.8 Å². The Bertz CT molecular complexity index is 2620. The van der Waals surface area contributed by atoms with Crippen LogP contribution >= 0.6 is 0 Å². The van der Waals surface area contributed by atoms with Crippen molar-refractivity contribution < 1.29 is 0 Å². The first-order chi connectivity index (χ1) is 28.3. The van der Waals surface area contributed by atoms with Gasteiger partial charge in [-0.2, -0.15) is 0 Å². The van der Waals surface area contributed by atoms with E-state index in [1.165, 1.54) is 85.9 Å². The first-order valence-electron chi connectivity index (χ1n) is 20.5. The summed E-state index contributed by atoms with van der Waals surface area (Å²) in [5, 5.41) is 0. The fourth-order valence-corrected chi connectivity index (χ4v) is 10.9. The smallest absolute Gasteiger partial charge is 0.0505 e. The fourth-order valence-electron chi connectivity index (χ4n) is 10.9. The van der Waals surface area contributed by atoms with Gasteiger partial charge in [-0.05, 0) is 143 Å². The molecule has 8 aromatic rings. The zero-order chi connectivity index (χ0) is 37.8. The van der Waals surface area contributed by atoms with Crippen LogP contribution in [0.1, 0.15) is 35.1 Å². The molecule has 3 unspecified atom stereocenters. The maximum absolute atomic E-state index is 2.54. The minimum atomic E-state index is -0.0901. The van der Waals surface area contributed by atoms with Crippen molar-refractivity contribution in [3.63, 3.8) is 0 Å². The third kappa shape index (κ3) is 5.46. The van der Waals surface area contributed by atoms with Gasteiger partial charge in [0.05, 0.1) is 11.4 Å². The Balaban J connectivity index is 1.07. The molecule has 0 bridgehead atoms. The quantitative estimate of drug-likeness (QED) is 0.153. The van der Waals surface area contributed by atoms with E-state index in [9.17, 15) is 0 Å². The normalized spacial score (nSPS) is 18.7. The van der Waals surface area contributed by atoms with E-state index in [-0.39, 0.29) is 5.41 Å². The Labute approximate surface area is 336 Å². The molecular weight excluding hydrogens is 689 g/mol. The Morgan fingerprint density at radius 1 is 0.316 bits per heavy atom. The van der Waals surface area contributed by atoms with E-state index in [1.54, 1.807) is 5.56 Å². The van der Waals surface area contributed by atoms with Crippen molar-refractivity contribution in [2.24, 2.45) is 11.8 Å². The molecule has 0 N–H and O–H groups in total. The highest BCUT2D eigenvalue weighted by atomic mass is 15.2. The second-order valence-corrected chi connectivity index (χ2v) is 16.0. The van der Waals surface area contributed by atoms with Crippen LogP contribution in [0.3, 0.4) is 0 Å². The monoisotopic (exact) mass is 732 g/mol. The van der Waals surface area contributed by atoms with E-state index >= 15 is 0 Å². The topological polar surface area (TPSA) is 6.48 Å². The average molecular weight is 733 g/mol. The van der Waals surface area contributed by atoms with Gasteiger partial charge in [0, 0.05) is 28.2 Å². The Hall–Kier alpha value is -6.64. The molecule has 0 heterocycles. The molecule has 3 atom stereocenters. The minimum absolute atomic E-state index is 0.0901. The molecule has 3 aliphatic rings. The summed E-state index contributed by atoms with van der Waals surface area (Å²) >= 11 is 0. The van der Waals surface area contributed by atoms with Crippen LogP contribution in [-0.2, 0) is 18.3 Å². The zero-order valence-electron chi connectivity index (χ0n) is 32.0. The van der Waals surface area contributed by atoms with Gasteiger partial charge in [-0.1, -0.05) is 146 Å². The molecule has 2 heteroatoms. The van der Waals surface area contributed by atoms with Crippen molar-refractivity contribution in [1.29, 1.82) is 0 Å². The molecule has 0 aliphatic heterocycles. The van der Waals surface area contributed by atoms with Crippen LogP contribution in [0.5, 0.6) is 0 Å². The van der Waals surface area contributed by atoms with E-state index in [2.05, 4.69) is 216 Å². The fraction of sp³-hybridized carbons (Fsp3) is 0.127. The minimum Gasteiger partial charge on any atom is -0.310 e. The van der Waals surface area contributed by atoms with Gasteiger partial charge >= 0.3 is 0 Å². The molecule has 0 aromatic heterocycles. The molecule has 1 spiro atoms. The molecule has 274 valence electrons. The second kappa shape index (κ2) is 13.8. The van der Waals surface area contributed by atoms with E-state index < -0.39 is 0 Å². The molecule has 57 heavy (non-hydrogen) atoms. The predicted octanol–water partition coefficient (Wildman–Crippen LogP) is 14.4. The first kappa shape index (κ1) is 33.7. The number of para-hydroxylation sites is 3. The average Bonchev–Trinajstić information content (AvgIpc) is 3.92. The summed E-state index contributed by atoms with van der Waals surface area (Å²) in [6.07, 6.45) is 4.75. The lowest BCUT2D eigenvalue weighted by molar-refractivity contribution is 0.350. The summed E-state index contributed by atoms with van der Waals surface area (Å²) in [6, 6.07) is 76.1. The van der Waals surface area contributed by atoms with Crippen LogP contribution in [0.25, 0.3) is 22.3 Å². The summed E-state index contributed by atoms with van der Waals surface area (Å²) in [6.45, 7) is 0. The van der Waals surface area contributed by atoms with Crippen LogP contribution in [0.4, 0.5) is 34.1 Å². The first-order valence-corrected chi connectivity index (χ1v) is 20.5. The van der Waals surface area contributed by atoms with Crippen molar-refractivity contribution >= 4 is 34.1 Å². The standard InChI is InChI=1S/C55H44N2/c1-5-15-39(16-6-1)40-27-29-41(30-28-40)42-31-35-50(36-32-42)57(49-23-11-4-12-24-49)52-26-14-18-44-38-46-34-33-45-37-43-17-13-25-51(53(43)55(45,46)54(44)52)56(47-19-7-2-8-20-47)48-21-9-3-10-22-48/h1-32,35-36,45-46H,33-34,37-38H2. The summed E-state index contributed by atoms with van der Waals surface area (Å²) < 4.78 is 0. The third-order valence-corrected chi connectivity index (χ3v) is 13.1. The van der Waals surface area contributed by atoms with Crippen molar-refractivity contribution in [1.82, 2.24) is 0 Å². The van der Waals surface area contributed by atoms with Crippen LogP contribution in [0, 0.1) is 11.8 Å². The number of fused-ring (bicyclic) bond motifs is 2. The van der Waals surface area contributed by atoms with Crippen molar-refractivity contribution in [2.45, 2.75) is 31.1 Å². The van der Waals surface area contributed by atoms with Crippen molar-refractivity contribution in [3.05, 3.63) is 229 Å². The maximum Gasteiger partial charge on any atom is 0.0505 e. The molecule has 0 amide bonds. The van der Waals surface area contributed by atoms with E-state index in [4.69, 9.17) is 0 Å². The van der Waals surface area contributed by atoms with Gasteiger partial charge < -0.3 is 9.80 Å². The van der Waals surface area contributed by atoms with Gasteiger partial charge in [-0.15, -0.1) is 0 Å². The molecule has 0 radical (unpaired) electrons. The Morgan fingerprint density at radius 3 is 1.05 bits per heavy atom. The summed E-state index contributed by atoms with van der Waals surface area (Å²) in [5.41, 5.74) is 18.3. The molecule has 2 nitrogen and oxygen atoms in total. The van der Waals surface area contributed by atoms with E-state index in [0.29, 0.717) is 11.8 Å². The van der Waals surface area contributed by atoms with Crippen LogP contribution in [0.15, 0.2) is 206 Å². The van der Waals surface area contributed by atoms with Crippen molar-refractivity contribution in [3.8, 4) is 22.3 Å². The molecule has 1 saturated carbocycles. The predicted molar refractivity (Wildman–Crippen MR) is 238 cm³/mol. The Kier molecular flexibility index (Phi) is 8.17. The number of rotatable bonds is 8. The summed E-state index contributed by atoms with van der Waals surface area (Å²) in [7, 11) is 0. The number of benzene rings is 8.